The lowest BCUT2D eigenvalue weighted by Crippen LogP contribution is -2.53. The first-order chi connectivity index (χ1) is 24.8. The first kappa shape index (κ1) is 33.7. The smallest absolute Gasteiger partial charge is 0.421 e. The second kappa shape index (κ2) is 13.9. The molecule has 0 aromatic heterocycles. The number of benzene rings is 4. The molecule has 0 aliphatic carbocycles. The van der Waals surface area contributed by atoms with Crippen LogP contribution in [0.3, 0.4) is 0 Å². The summed E-state index contributed by atoms with van der Waals surface area (Å²) < 4.78 is 22.6. The highest BCUT2D eigenvalue weighted by atomic mass is 16.6. The summed E-state index contributed by atoms with van der Waals surface area (Å²) in [4.78, 5) is 61.3. The molecule has 260 valence electrons. The quantitative estimate of drug-likeness (QED) is 0.103. The molecule has 6 atom stereocenters. The lowest BCUT2D eigenvalue weighted by atomic mass is 9.65. The van der Waals surface area contributed by atoms with E-state index < -0.39 is 59.5 Å². The summed E-state index contributed by atoms with van der Waals surface area (Å²) in [6.07, 6.45) is -0.423. The first-order valence-electron chi connectivity index (χ1n) is 16.6. The monoisotopic (exact) mass is 688 g/mol. The summed E-state index contributed by atoms with van der Waals surface area (Å²) in [5.74, 6) is -3.87. The maximum atomic E-state index is 15.5. The molecule has 0 saturated carbocycles. The predicted octanol–water partition coefficient (Wildman–Crippen LogP) is 5.57. The summed E-state index contributed by atoms with van der Waals surface area (Å²) >= 11 is 0. The van der Waals surface area contributed by atoms with E-state index in [1.54, 1.807) is 36.4 Å². The number of hydrogen-bond acceptors (Lipinski definition) is 10. The maximum absolute atomic E-state index is 15.5. The third kappa shape index (κ3) is 5.45. The number of phenols is 1. The van der Waals surface area contributed by atoms with E-state index in [0.29, 0.717) is 16.7 Å². The SMILES string of the molecule is C=CCOC(=O)[C@H]1[C@@H]2C(=O)O[C@@H](c3ccccc3)[C@@H](c3ccccc3)N2[C@@H](c2ccc(O)cc2)[C@]12C(=O)N(C(=O)OCCOC)c1ccccc12. The number of anilines is 1. The zero-order valence-corrected chi connectivity index (χ0v) is 27.8. The van der Waals surface area contributed by atoms with Crippen molar-refractivity contribution in [3.63, 3.8) is 0 Å². The van der Waals surface area contributed by atoms with Gasteiger partial charge in [0.05, 0.1) is 24.4 Å². The van der Waals surface area contributed by atoms with Gasteiger partial charge in [0.15, 0.2) is 0 Å². The third-order valence-electron chi connectivity index (χ3n) is 9.87. The van der Waals surface area contributed by atoms with E-state index in [0.717, 1.165) is 10.5 Å². The molecule has 2 amide bonds. The van der Waals surface area contributed by atoms with E-state index in [2.05, 4.69) is 6.58 Å². The summed E-state index contributed by atoms with van der Waals surface area (Å²) in [7, 11) is 1.46. The lowest BCUT2D eigenvalue weighted by molar-refractivity contribution is -0.180. The average Bonchev–Trinajstić information content (AvgIpc) is 3.61. The number of carbonyl (C=O) groups is 4. The van der Waals surface area contributed by atoms with Crippen molar-refractivity contribution in [3.8, 4) is 5.75 Å². The Labute approximate surface area is 294 Å². The van der Waals surface area contributed by atoms with Gasteiger partial charge >= 0.3 is 18.0 Å². The number of aromatic hydroxyl groups is 1. The van der Waals surface area contributed by atoms with Crippen molar-refractivity contribution in [1.29, 1.82) is 0 Å². The number of esters is 2. The van der Waals surface area contributed by atoms with Gasteiger partial charge in [0.2, 0.25) is 5.91 Å². The molecular formula is C40H36N2O9. The Kier molecular flexibility index (Phi) is 9.15. The Morgan fingerprint density at radius 3 is 2.14 bits per heavy atom. The highest BCUT2D eigenvalue weighted by Gasteiger charge is 2.76. The number of cyclic esters (lactones) is 1. The second-order valence-corrected chi connectivity index (χ2v) is 12.5. The molecule has 11 heteroatoms. The van der Waals surface area contributed by atoms with Gasteiger partial charge in [0.1, 0.15) is 42.4 Å². The zero-order chi connectivity index (χ0) is 35.7. The largest absolute Gasteiger partial charge is 0.508 e. The Hall–Kier alpha value is -5.78. The standard InChI is InChI=1S/C40H36N2O9/c1-3-22-49-36(44)31-33-37(45)51-34(26-14-8-5-9-15-26)32(25-12-6-4-7-13-25)42(33)35(27-18-20-28(43)21-19-27)40(31)29-16-10-11-17-30(29)41(38(40)46)39(47)50-24-23-48-2/h3-21,31-35,43H,1,22-24H2,2H3/t31-,32-,33-,34+,35+,40-/m1/s1. The van der Waals surface area contributed by atoms with Gasteiger partial charge in [-0.05, 0) is 40.5 Å². The van der Waals surface area contributed by atoms with Gasteiger partial charge in [-0.2, -0.15) is 0 Å². The molecule has 11 nitrogen and oxygen atoms in total. The molecule has 0 radical (unpaired) electrons. The molecule has 0 unspecified atom stereocenters. The number of nitrogens with zero attached hydrogens (tertiary/aromatic N) is 2. The fourth-order valence-corrected chi connectivity index (χ4v) is 7.97. The maximum Gasteiger partial charge on any atom is 0.421 e. The van der Waals surface area contributed by atoms with Crippen LogP contribution in [-0.2, 0) is 38.7 Å². The molecule has 3 aliphatic heterocycles. The molecule has 3 heterocycles. The van der Waals surface area contributed by atoms with Gasteiger partial charge in [0, 0.05) is 7.11 Å². The number of rotatable bonds is 9. The average molecular weight is 689 g/mol. The highest BCUT2D eigenvalue weighted by molar-refractivity contribution is 6.23. The Bertz CT molecular complexity index is 1950. The minimum absolute atomic E-state index is 0.0226. The molecule has 2 saturated heterocycles. The van der Waals surface area contributed by atoms with Crippen molar-refractivity contribution in [2.75, 3.05) is 31.8 Å². The van der Waals surface area contributed by atoms with Crippen LogP contribution < -0.4 is 4.90 Å². The highest BCUT2D eigenvalue weighted by Crippen LogP contribution is 2.66. The molecule has 7 rings (SSSR count). The van der Waals surface area contributed by atoms with Crippen LogP contribution in [0.1, 0.15) is 40.4 Å². The lowest BCUT2D eigenvalue weighted by Gasteiger charge is -2.46. The number of carbonyl (C=O) groups excluding carboxylic acids is 4. The number of phenolic OH excluding ortho intramolecular Hbond substituents is 1. The summed E-state index contributed by atoms with van der Waals surface area (Å²) in [6.45, 7) is 3.46. The van der Waals surface area contributed by atoms with Gasteiger partial charge in [0.25, 0.3) is 0 Å². The number of methoxy groups -OCH3 is 1. The molecule has 4 aromatic rings. The summed E-state index contributed by atoms with van der Waals surface area (Å²) in [5, 5.41) is 10.4. The molecule has 1 spiro atoms. The van der Waals surface area contributed by atoms with Crippen LogP contribution in [0.4, 0.5) is 10.5 Å². The van der Waals surface area contributed by atoms with Crippen LogP contribution in [-0.4, -0.2) is 66.9 Å². The van der Waals surface area contributed by atoms with Gasteiger partial charge in [-0.1, -0.05) is 104 Å². The van der Waals surface area contributed by atoms with Gasteiger partial charge in [-0.3, -0.25) is 19.3 Å². The van der Waals surface area contributed by atoms with Crippen LogP contribution in [0.25, 0.3) is 0 Å². The molecule has 51 heavy (non-hydrogen) atoms. The second-order valence-electron chi connectivity index (χ2n) is 12.5. The van der Waals surface area contributed by atoms with Gasteiger partial charge in [-0.25, -0.2) is 9.69 Å². The van der Waals surface area contributed by atoms with Crippen LogP contribution in [0, 0.1) is 5.92 Å². The van der Waals surface area contributed by atoms with Crippen LogP contribution in [0.5, 0.6) is 5.75 Å². The normalized spacial score (nSPS) is 25.2. The number of fused-ring (bicyclic) bond motifs is 3. The Morgan fingerprint density at radius 2 is 1.47 bits per heavy atom. The number of imide groups is 1. The van der Waals surface area contributed by atoms with Crippen LogP contribution in [0.15, 0.2) is 122 Å². The Morgan fingerprint density at radius 1 is 0.824 bits per heavy atom. The fourth-order valence-electron chi connectivity index (χ4n) is 7.97. The molecule has 1 N–H and O–H groups in total. The molecule has 0 bridgehead atoms. The summed E-state index contributed by atoms with van der Waals surface area (Å²) in [6, 6.07) is 28.5. The minimum atomic E-state index is -1.92. The first-order valence-corrected chi connectivity index (χ1v) is 16.6. The van der Waals surface area contributed by atoms with Crippen molar-refractivity contribution in [2.24, 2.45) is 5.92 Å². The fraction of sp³-hybridized carbons (Fsp3) is 0.250. The molecule has 3 aliphatic rings. The van der Waals surface area contributed by atoms with Crippen molar-refractivity contribution in [2.45, 2.75) is 29.6 Å². The number of ether oxygens (including phenoxy) is 4. The van der Waals surface area contributed by atoms with E-state index in [9.17, 15) is 19.5 Å². The topological polar surface area (TPSA) is 132 Å². The Balaban J connectivity index is 1.54. The van der Waals surface area contributed by atoms with Crippen molar-refractivity contribution in [3.05, 3.63) is 144 Å². The van der Waals surface area contributed by atoms with Crippen LogP contribution in [0.2, 0.25) is 0 Å². The van der Waals surface area contributed by atoms with Gasteiger partial charge in [-0.15, -0.1) is 0 Å². The number of para-hydroxylation sites is 1. The van der Waals surface area contributed by atoms with E-state index in [1.165, 1.54) is 25.3 Å². The molecule has 4 aromatic carbocycles. The number of morpholine rings is 1. The van der Waals surface area contributed by atoms with Crippen LogP contribution >= 0.6 is 0 Å². The third-order valence-corrected chi connectivity index (χ3v) is 9.87. The zero-order valence-electron chi connectivity index (χ0n) is 27.8. The van der Waals surface area contributed by atoms with Crippen molar-refractivity contribution in [1.82, 2.24) is 4.90 Å². The van der Waals surface area contributed by atoms with E-state index >= 15 is 4.79 Å². The van der Waals surface area contributed by atoms with E-state index in [-0.39, 0.29) is 31.3 Å². The molecule has 2 fully saturated rings. The minimum Gasteiger partial charge on any atom is -0.508 e. The van der Waals surface area contributed by atoms with Gasteiger partial charge < -0.3 is 24.1 Å². The van der Waals surface area contributed by atoms with Crippen molar-refractivity contribution < 1.29 is 43.2 Å². The predicted molar refractivity (Wildman–Crippen MR) is 184 cm³/mol. The summed E-state index contributed by atoms with van der Waals surface area (Å²) in [5.41, 5.74) is 0.598. The number of amides is 2. The van der Waals surface area contributed by atoms with E-state index in [4.69, 9.17) is 18.9 Å². The number of hydrogen-bond donors (Lipinski definition) is 1. The molecular weight excluding hydrogens is 652 g/mol. The van der Waals surface area contributed by atoms with Crippen molar-refractivity contribution >= 4 is 29.6 Å². The van der Waals surface area contributed by atoms with E-state index in [1.807, 2.05) is 65.6 Å².